The molecule has 17 nitrogen and oxygen atoms in total. The topological polar surface area (TPSA) is 203 Å². The minimum absolute atomic E-state index is 0.0132. The zero-order valence-corrected chi connectivity index (χ0v) is 52.8. The van der Waals surface area contributed by atoms with Crippen LogP contribution in [-0.2, 0) is 37.8 Å². The maximum atomic E-state index is 14.7. The third kappa shape index (κ3) is 14.2. The number of fused-ring (bicyclic) bond motifs is 6. The van der Waals surface area contributed by atoms with Crippen molar-refractivity contribution >= 4 is 17.7 Å². The summed E-state index contributed by atoms with van der Waals surface area (Å²) in [5, 5.41) is 0. The molecule has 0 spiro atoms. The van der Waals surface area contributed by atoms with Gasteiger partial charge in [-0.05, 0) is 186 Å². The molecule has 0 saturated carbocycles. The molecule has 28 heteroatoms. The van der Waals surface area contributed by atoms with Crippen molar-refractivity contribution < 1.29 is 62.7 Å². The molecule has 0 aliphatic carbocycles. The van der Waals surface area contributed by atoms with Crippen LogP contribution in [0.1, 0.15) is 128 Å². The van der Waals surface area contributed by atoms with Gasteiger partial charge < -0.3 is 14.7 Å². The van der Waals surface area contributed by atoms with Crippen LogP contribution in [0.15, 0.2) is 153 Å². The van der Waals surface area contributed by atoms with Gasteiger partial charge in [0.2, 0.25) is 0 Å². The first-order chi connectivity index (χ1) is 47.5. The summed E-state index contributed by atoms with van der Waals surface area (Å²) in [5.74, 6) is -1.14. The van der Waals surface area contributed by atoms with Gasteiger partial charge >= 0.3 is 18.5 Å². The minimum Gasteiger partial charge on any atom is -0.332 e. The van der Waals surface area contributed by atoms with Crippen molar-refractivity contribution in [2.75, 3.05) is 0 Å². The Morgan fingerprint density at radius 2 is 0.859 bits per heavy atom. The number of aromatic nitrogens is 11. The summed E-state index contributed by atoms with van der Waals surface area (Å²) < 4.78 is 144. The van der Waals surface area contributed by atoms with E-state index in [2.05, 4.69) is 54.8 Å². The molecule has 6 fully saturated rings. The first kappa shape index (κ1) is 67.4. The molecule has 0 radical (unpaired) electrons. The number of pyridine rings is 5. The van der Waals surface area contributed by atoms with Crippen molar-refractivity contribution in [2.24, 2.45) is 17.8 Å². The van der Waals surface area contributed by atoms with Crippen LogP contribution in [0.5, 0.6) is 0 Å². The molecular formula is C71H61F11N14O3. The predicted molar refractivity (Wildman–Crippen MR) is 335 cm³/mol. The van der Waals surface area contributed by atoms with Crippen LogP contribution in [0.25, 0.3) is 34.2 Å². The lowest BCUT2D eigenvalue weighted by atomic mass is 9.85. The molecule has 6 aliphatic heterocycles. The Morgan fingerprint density at radius 3 is 1.33 bits per heavy atom. The minimum atomic E-state index is -4.67. The second kappa shape index (κ2) is 27.6. The van der Waals surface area contributed by atoms with Gasteiger partial charge in [0.25, 0.3) is 17.7 Å². The van der Waals surface area contributed by atoms with Crippen LogP contribution in [0.4, 0.5) is 48.3 Å². The molecule has 9 atom stereocenters. The van der Waals surface area contributed by atoms with Gasteiger partial charge in [0, 0.05) is 116 Å². The van der Waals surface area contributed by atoms with Gasteiger partial charge in [0.1, 0.15) is 23.0 Å². The number of hydrogen-bond acceptors (Lipinski definition) is 14. The van der Waals surface area contributed by atoms with Crippen LogP contribution < -0.4 is 0 Å². The summed E-state index contributed by atoms with van der Waals surface area (Å²) in [5.41, 5.74) is 1.44. The molecule has 510 valence electrons. The summed E-state index contributed by atoms with van der Waals surface area (Å²) in [4.78, 5) is 92.1. The van der Waals surface area contributed by atoms with E-state index in [9.17, 15) is 62.7 Å². The van der Waals surface area contributed by atoms with E-state index in [-0.39, 0.29) is 101 Å². The predicted octanol–water partition coefficient (Wildman–Crippen LogP) is 13.8. The standard InChI is InChI=1S/C24H19F5N4O.C24H22F3N5O.C23H20F3N5O/c25-17-4-1-3-16(21(17)22-30-7-2-8-31-22)23(34)33-15-5-6-20(33)13(9-15)10-19-18(26)11-14(12-32-19)24(27,28)29;1-14-9-19(22-28-7-2-8-29-22)21(31-12-14)23(33)32-18-5-6-20(32)15(11-18)10-17-4-3-16(13-30-17)24(25,26)27;24-23(25,26)15-4-5-16(30-13-15)11-14-12-17-6-7-19(14)31(17)22(32)20-18(3-1-8-27-20)21-28-9-2-10-29-21/h1-4,7-8,11-13,15,20H,5-6,9-10H2;2-4,7-9,12-13,15,18,20H,5-6,10-11H2,1H3;1-5,8-10,13-14,17,19H,6-7,11-12H2. The summed E-state index contributed by atoms with van der Waals surface area (Å²) in [7, 11) is 0. The van der Waals surface area contributed by atoms with Crippen molar-refractivity contribution in [1.29, 1.82) is 0 Å². The number of alkyl halides is 9. The smallest absolute Gasteiger partial charge is 0.332 e. The van der Waals surface area contributed by atoms with Crippen LogP contribution in [0, 0.1) is 36.3 Å². The molecule has 8 aromatic heterocycles. The van der Waals surface area contributed by atoms with Crippen LogP contribution in [0.2, 0.25) is 0 Å². The fourth-order valence-electron chi connectivity index (χ4n) is 15.2. The molecular weight excluding hydrogens is 1310 g/mol. The summed E-state index contributed by atoms with van der Waals surface area (Å²) >= 11 is 0. The van der Waals surface area contributed by atoms with E-state index in [0.29, 0.717) is 83.5 Å². The Hall–Kier alpha value is -10.2. The van der Waals surface area contributed by atoms with Crippen LogP contribution >= 0.6 is 0 Å². The number of hydrogen-bond donors (Lipinski definition) is 0. The number of halogens is 11. The van der Waals surface area contributed by atoms with E-state index in [4.69, 9.17) is 0 Å². The van der Waals surface area contributed by atoms with E-state index in [0.717, 1.165) is 75.0 Å². The van der Waals surface area contributed by atoms with Gasteiger partial charge in [-0.2, -0.15) is 39.5 Å². The average molecular weight is 1370 g/mol. The van der Waals surface area contributed by atoms with E-state index >= 15 is 0 Å². The van der Waals surface area contributed by atoms with Crippen molar-refractivity contribution in [1.82, 2.24) is 69.5 Å². The summed E-state index contributed by atoms with van der Waals surface area (Å²) in [6, 6.07) is 20.0. The molecule has 6 aliphatic rings. The van der Waals surface area contributed by atoms with Crippen molar-refractivity contribution in [3.8, 4) is 34.2 Å². The quantitative estimate of drug-likeness (QED) is 0.104. The monoisotopic (exact) mass is 1370 g/mol. The molecule has 9 unspecified atom stereocenters. The van der Waals surface area contributed by atoms with Gasteiger partial charge in [0.05, 0.1) is 44.6 Å². The largest absolute Gasteiger partial charge is 0.417 e. The Labute approximate surface area is 559 Å². The van der Waals surface area contributed by atoms with Gasteiger partial charge in [-0.25, -0.2) is 38.7 Å². The van der Waals surface area contributed by atoms with E-state index in [1.165, 1.54) is 42.7 Å². The first-order valence-electron chi connectivity index (χ1n) is 32.2. The van der Waals surface area contributed by atoms with Crippen molar-refractivity contribution in [3.05, 3.63) is 221 Å². The van der Waals surface area contributed by atoms with Crippen molar-refractivity contribution in [3.63, 3.8) is 0 Å². The Morgan fingerprint density at radius 1 is 0.414 bits per heavy atom. The molecule has 6 saturated heterocycles. The van der Waals surface area contributed by atoms with E-state index in [1.807, 2.05) is 22.8 Å². The Balaban J connectivity index is 0.000000133. The highest BCUT2D eigenvalue weighted by Gasteiger charge is 2.52. The molecule has 15 rings (SSSR count). The lowest BCUT2D eigenvalue weighted by Gasteiger charge is -2.25. The number of carbonyl (C=O) groups excluding carboxylic acids is 3. The molecule has 0 N–H and O–H groups in total. The maximum Gasteiger partial charge on any atom is 0.417 e. The number of amides is 3. The third-order valence-corrected chi connectivity index (χ3v) is 19.5. The van der Waals surface area contributed by atoms with Crippen LogP contribution in [0.3, 0.4) is 0 Å². The molecule has 3 amide bonds. The van der Waals surface area contributed by atoms with Gasteiger partial charge in [0.15, 0.2) is 17.5 Å². The highest BCUT2D eigenvalue weighted by molar-refractivity contribution is 6.01. The summed E-state index contributed by atoms with van der Waals surface area (Å²) in [6.07, 6.45) is 9.98. The fourth-order valence-corrected chi connectivity index (χ4v) is 15.2. The number of nitrogens with zero attached hydrogens (tertiary/aromatic N) is 14. The molecule has 99 heavy (non-hydrogen) atoms. The number of rotatable bonds is 12. The number of carbonyl (C=O) groups is 3. The Bertz CT molecular complexity index is 4410. The second-order valence-electron chi connectivity index (χ2n) is 25.5. The molecule has 1 aromatic carbocycles. The number of aryl methyl sites for hydroxylation is 1. The van der Waals surface area contributed by atoms with Gasteiger partial charge in [-0.3, -0.25) is 39.3 Å². The summed E-state index contributed by atoms with van der Waals surface area (Å²) in [6.45, 7) is 1.90. The van der Waals surface area contributed by atoms with E-state index in [1.54, 1.807) is 72.4 Å². The number of benzene rings is 1. The molecule has 6 bridgehead atoms. The Kier molecular flexibility index (Phi) is 18.8. The lowest BCUT2D eigenvalue weighted by Crippen LogP contribution is -2.37. The zero-order chi connectivity index (χ0) is 69.5. The second-order valence-corrected chi connectivity index (χ2v) is 25.5. The first-order valence-corrected chi connectivity index (χ1v) is 32.2. The van der Waals surface area contributed by atoms with Crippen molar-refractivity contribution in [2.45, 2.75) is 139 Å². The lowest BCUT2D eigenvalue weighted by molar-refractivity contribution is -0.138. The van der Waals surface area contributed by atoms with Gasteiger partial charge in [-0.1, -0.05) is 6.07 Å². The average Bonchev–Trinajstić information content (AvgIpc) is 1.63. The van der Waals surface area contributed by atoms with Gasteiger partial charge in [-0.15, -0.1) is 0 Å². The third-order valence-electron chi connectivity index (χ3n) is 19.5. The highest BCUT2D eigenvalue weighted by atomic mass is 19.4. The molecule has 14 heterocycles. The highest BCUT2D eigenvalue weighted by Crippen LogP contribution is 2.48. The van der Waals surface area contributed by atoms with Crippen LogP contribution in [-0.4, -0.2) is 123 Å². The maximum absolute atomic E-state index is 14.7. The normalized spacial score (nSPS) is 22.1. The SMILES string of the molecule is Cc1cnc(C(=O)N2C3CCC2C(Cc2ccc(C(F)(F)F)cn2)C3)c(-c2ncccn2)c1.O=C(c1cccc(F)c1-c1ncccn1)N1C2CCC1C(Cc1ncc(C(F)(F)F)cc1F)C2.O=C(c1ncccc1-c1ncccn1)N1C2CCC1C(Cc1ccc(C(F)(F)F)cn1)C2. The fraction of sp³-hybridized carbons (Fsp3) is 0.352. The zero-order valence-electron chi connectivity index (χ0n) is 52.8. The molecule has 9 aromatic rings. The van der Waals surface area contributed by atoms with E-state index < -0.39 is 46.9 Å².